The first-order valence-electron chi connectivity index (χ1n) is 8.24. The maximum Gasteiger partial charge on any atom is 0.254 e. The van der Waals surface area contributed by atoms with Crippen molar-refractivity contribution in [1.29, 1.82) is 0 Å². The van der Waals surface area contributed by atoms with E-state index in [2.05, 4.69) is 10.3 Å². The van der Waals surface area contributed by atoms with E-state index in [1.54, 1.807) is 22.7 Å². The lowest BCUT2D eigenvalue weighted by molar-refractivity contribution is 0.0498. The van der Waals surface area contributed by atoms with Crippen molar-refractivity contribution in [2.45, 2.75) is 19.1 Å². The number of aliphatic hydroxyl groups is 1. The van der Waals surface area contributed by atoms with E-state index in [0.717, 1.165) is 5.69 Å². The van der Waals surface area contributed by atoms with Crippen LogP contribution in [0.3, 0.4) is 0 Å². The van der Waals surface area contributed by atoms with Gasteiger partial charge in [-0.2, -0.15) is 0 Å². The molecule has 1 aromatic carbocycles. The molecular formula is C18H19N5O2. The SMILES string of the molecule is CC(O)c1cn(C2CN(C(=O)c3cccc(-n4cccc4)c3)C2)nn1. The largest absolute Gasteiger partial charge is 0.387 e. The summed E-state index contributed by atoms with van der Waals surface area (Å²) in [5.74, 6) is 0.0149. The molecule has 1 saturated heterocycles. The van der Waals surface area contributed by atoms with Crippen molar-refractivity contribution in [3.8, 4) is 5.69 Å². The molecule has 7 heteroatoms. The van der Waals surface area contributed by atoms with E-state index in [-0.39, 0.29) is 11.9 Å². The van der Waals surface area contributed by atoms with Crippen molar-refractivity contribution >= 4 is 5.91 Å². The summed E-state index contributed by atoms with van der Waals surface area (Å²) in [5.41, 5.74) is 2.18. The molecule has 1 aliphatic heterocycles. The van der Waals surface area contributed by atoms with Crippen molar-refractivity contribution in [3.05, 3.63) is 66.2 Å². The molecule has 7 nitrogen and oxygen atoms in total. The second kappa shape index (κ2) is 6.18. The monoisotopic (exact) mass is 337 g/mol. The van der Waals surface area contributed by atoms with Gasteiger partial charge in [0.25, 0.3) is 5.91 Å². The molecule has 0 bridgehead atoms. The standard InChI is InChI=1S/C18H19N5O2/c1-13(24)17-12-23(20-19-17)16-10-22(11-16)18(25)14-5-4-6-15(9-14)21-7-2-3-8-21/h2-9,12-13,16,24H,10-11H2,1H3. The fraction of sp³-hybridized carbons (Fsp3) is 0.278. The Bertz CT molecular complexity index is 879. The maximum atomic E-state index is 12.7. The summed E-state index contributed by atoms with van der Waals surface area (Å²) in [5, 5.41) is 17.5. The van der Waals surface area contributed by atoms with E-state index in [4.69, 9.17) is 0 Å². The van der Waals surface area contributed by atoms with E-state index in [9.17, 15) is 9.90 Å². The molecule has 3 heterocycles. The highest BCUT2D eigenvalue weighted by Gasteiger charge is 2.33. The molecule has 1 N–H and O–H groups in total. The Morgan fingerprint density at radius 1 is 1.24 bits per heavy atom. The Morgan fingerprint density at radius 2 is 2.00 bits per heavy atom. The zero-order valence-corrected chi connectivity index (χ0v) is 13.9. The van der Waals surface area contributed by atoms with Crippen LogP contribution >= 0.6 is 0 Å². The van der Waals surface area contributed by atoms with Crippen LogP contribution in [0.15, 0.2) is 55.0 Å². The number of aromatic nitrogens is 4. The first kappa shape index (κ1) is 15.6. The highest BCUT2D eigenvalue weighted by molar-refractivity contribution is 5.95. The molecule has 1 amide bonds. The summed E-state index contributed by atoms with van der Waals surface area (Å²) < 4.78 is 3.70. The normalized spacial score (nSPS) is 15.8. The molecule has 1 aliphatic rings. The summed E-state index contributed by atoms with van der Waals surface area (Å²) in [6.07, 6.45) is 5.01. The minimum Gasteiger partial charge on any atom is -0.387 e. The van der Waals surface area contributed by atoms with E-state index < -0.39 is 6.10 Å². The fourth-order valence-corrected chi connectivity index (χ4v) is 2.94. The van der Waals surface area contributed by atoms with Crippen LogP contribution < -0.4 is 0 Å². The van der Waals surface area contributed by atoms with Gasteiger partial charge in [0.1, 0.15) is 5.69 Å². The number of nitrogens with zero attached hydrogens (tertiary/aromatic N) is 5. The van der Waals surface area contributed by atoms with Gasteiger partial charge in [-0.05, 0) is 37.3 Å². The quantitative estimate of drug-likeness (QED) is 0.788. The lowest BCUT2D eigenvalue weighted by Crippen LogP contribution is -2.50. The van der Waals surface area contributed by atoms with Crippen molar-refractivity contribution in [2.24, 2.45) is 0 Å². The van der Waals surface area contributed by atoms with Crippen molar-refractivity contribution in [3.63, 3.8) is 0 Å². The van der Waals surface area contributed by atoms with E-state index >= 15 is 0 Å². The Morgan fingerprint density at radius 3 is 2.68 bits per heavy atom. The highest BCUT2D eigenvalue weighted by atomic mass is 16.3. The number of benzene rings is 1. The summed E-state index contributed by atoms with van der Waals surface area (Å²) in [7, 11) is 0. The second-order valence-corrected chi connectivity index (χ2v) is 6.30. The Labute approximate surface area is 145 Å². The third-order valence-corrected chi connectivity index (χ3v) is 4.48. The number of carbonyl (C=O) groups is 1. The van der Waals surface area contributed by atoms with E-state index in [1.807, 2.05) is 53.4 Å². The Balaban J connectivity index is 1.44. The van der Waals surface area contributed by atoms with Gasteiger partial charge in [-0.15, -0.1) is 5.10 Å². The minimum absolute atomic E-state index is 0.0149. The maximum absolute atomic E-state index is 12.7. The van der Waals surface area contributed by atoms with Crippen LogP contribution in [0.4, 0.5) is 0 Å². The molecule has 0 saturated carbocycles. The predicted molar refractivity (Wildman–Crippen MR) is 91.4 cm³/mol. The van der Waals surface area contributed by atoms with Crippen LogP contribution in [-0.2, 0) is 0 Å². The molecule has 0 radical (unpaired) electrons. The van der Waals surface area contributed by atoms with Crippen molar-refractivity contribution in [2.75, 3.05) is 13.1 Å². The van der Waals surface area contributed by atoms with Gasteiger partial charge in [0.2, 0.25) is 0 Å². The van der Waals surface area contributed by atoms with Gasteiger partial charge in [-0.1, -0.05) is 11.3 Å². The lowest BCUT2D eigenvalue weighted by Gasteiger charge is -2.38. The van der Waals surface area contributed by atoms with Crippen molar-refractivity contribution in [1.82, 2.24) is 24.5 Å². The highest BCUT2D eigenvalue weighted by Crippen LogP contribution is 2.24. The first-order chi connectivity index (χ1) is 12.1. The Kier molecular flexibility index (Phi) is 3.85. The first-order valence-corrected chi connectivity index (χ1v) is 8.24. The molecule has 2 aromatic heterocycles. The van der Waals surface area contributed by atoms with Crippen LogP contribution in [0, 0.1) is 0 Å². The number of hydrogen-bond donors (Lipinski definition) is 1. The van der Waals surface area contributed by atoms with Crippen LogP contribution in [0.5, 0.6) is 0 Å². The van der Waals surface area contributed by atoms with E-state index in [0.29, 0.717) is 24.3 Å². The van der Waals surface area contributed by atoms with Crippen LogP contribution in [0.2, 0.25) is 0 Å². The number of amides is 1. The van der Waals surface area contributed by atoms with Crippen LogP contribution in [0.1, 0.15) is 35.1 Å². The molecule has 3 aromatic rings. The minimum atomic E-state index is -0.636. The van der Waals surface area contributed by atoms with Gasteiger partial charge in [0, 0.05) is 36.7 Å². The smallest absolute Gasteiger partial charge is 0.254 e. The van der Waals surface area contributed by atoms with Gasteiger partial charge in [-0.25, -0.2) is 4.68 Å². The molecule has 1 fully saturated rings. The summed E-state index contributed by atoms with van der Waals surface area (Å²) in [6.45, 7) is 2.84. The molecule has 4 rings (SSSR count). The number of likely N-dealkylation sites (tertiary alicyclic amines) is 1. The average molecular weight is 337 g/mol. The van der Waals surface area contributed by atoms with Gasteiger partial charge < -0.3 is 14.6 Å². The molecule has 25 heavy (non-hydrogen) atoms. The number of carbonyl (C=O) groups excluding carboxylic acids is 1. The van der Waals surface area contributed by atoms with Crippen LogP contribution in [-0.4, -0.2) is 48.6 Å². The fourth-order valence-electron chi connectivity index (χ4n) is 2.94. The van der Waals surface area contributed by atoms with Crippen LogP contribution in [0.25, 0.3) is 5.69 Å². The van der Waals surface area contributed by atoms with Gasteiger partial charge in [0.05, 0.1) is 18.3 Å². The summed E-state index contributed by atoms with van der Waals surface area (Å²) in [6, 6.07) is 11.6. The molecule has 0 spiro atoms. The van der Waals surface area contributed by atoms with Gasteiger partial charge in [-0.3, -0.25) is 4.79 Å². The number of rotatable bonds is 4. The molecule has 1 unspecified atom stereocenters. The lowest BCUT2D eigenvalue weighted by atomic mass is 10.1. The average Bonchev–Trinajstić information content (AvgIpc) is 3.25. The molecule has 128 valence electrons. The molecular weight excluding hydrogens is 318 g/mol. The Hall–Kier alpha value is -2.93. The second-order valence-electron chi connectivity index (χ2n) is 6.30. The third kappa shape index (κ3) is 2.94. The number of aliphatic hydroxyl groups excluding tert-OH is 1. The molecule has 1 atom stereocenters. The zero-order valence-electron chi connectivity index (χ0n) is 13.9. The topological polar surface area (TPSA) is 76.2 Å². The van der Waals surface area contributed by atoms with Gasteiger partial charge in [0.15, 0.2) is 0 Å². The molecule has 0 aliphatic carbocycles. The number of hydrogen-bond acceptors (Lipinski definition) is 4. The third-order valence-electron chi connectivity index (χ3n) is 4.48. The van der Waals surface area contributed by atoms with Crippen molar-refractivity contribution < 1.29 is 9.90 Å². The predicted octanol–water partition coefficient (Wildman–Crippen LogP) is 1.82. The van der Waals surface area contributed by atoms with Gasteiger partial charge >= 0.3 is 0 Å². The van der Waals surface area contributed by atoms with E-state index in [1.165, 1.54) is 0 Å². The summed E-state index contributed by atoms with van der Waals surface area (Å²) in [4.78, 5) is 14.5. The summed E-state index contributed by atoms with van der Waals surface area (Å²) >= 11 is 0. The zero-order chi connectivity index (χ0) is 17.4.